The van der Waals surface area contributed by atoms with Crippen LogP contribution in [-0.4, -0.2) is 26.9 Å². The molecule has 20 heavy (non-hydrogen) atoms. The molecule has 1 amide bonds. The lowest BCUT2D eigenvalue weighted by Gasteiger charge is -2.08. The Balaban J connectivity index is 2.34. The summed E-state index contributed by atoms with van der Waals surface area (Å²) in [5.74, 6) is -0.848. The highest BCUT2D eigenvalue weighted by atomic mass is 16.1. The highest BCUT2D eigenvalue weighted by molar-refractivity contribution is 6.12. The number of rotatable bonds is 3. The summed E-state index contributed by atoms with van der Waals surface area (Å²) in [5, 5.41) is 7.91. The highest BCUT2D eigenvalue weighted by Crippen LogP contribution is 2.30. The number of nitrogens with two attached hydrogens (primary N) is 1. The molecule has 0 aliphatic carbocycles. The molecule has 2 aromatic heterocycles. The number of nitrogens with one attached hydrogen (secondary N) is 2. The lowest BCUT2D eigenvalue weighted by Crippen LogP contribution is -2.17. The van der Waals surface area contributed by atoms with E-state index in [0.717, 1.165) is 10.9 Å². The molecule has 3 rings (SSSR count). The van der Waals surface area contributed by atoms with Gasteiger partial charge in [-0.1, -0.05) is 18.2 Å². The van der Waals surface area contributed by atoms with E-state index < -0.39 is 5.91 Å². The smallest absolute Gasteiger partial charge is 0.250 e. The number of primary amides is 1. The average molecular weight is 268 g/mol. The van der Waals surface area contributed by atoms with Crippen molar-refractivity contribution < 1.29 is 9.59 Å². The Morgan fingerprint density at radius 2 is 2.05 bits per heavy atom. The first-order valence-corrected chi connectivity index (χ1v) is 6.04. The summed E-state index contributed by atoms with van der Waals surface area (Å²) in [7, 11) is 0. The van der Waals surface area contributed by atoms with Crippen molar-refractivity contribution in [3.63, 3.8) is 0 Å². The number of aromatic nitrogens is 3. The first kappa shape index (κ1) is 12.2. The number of amides is 1. The van der Waals surface area contributed by atoms with Gasteiger partial charge in [0, 0.05) is 28.9 Å². The molecule has 0 spiro atoms. The maximum absolute atomic E-state index is 11.7. The minimum Gasteiger partial charge on any atom is -0.366 e. The Kier molecular flexibility index (Phi) is 2.64. The van der Waals surface area contributed by atoms with Crippen LogP contribution in [0.1, 0.15) is 27.6 Å². The summed E-state index contributed by atoms with van der Waals surface area (Å²) in [6.45, 7) is 1.40. The number of aromatic amines is 2. The van der Waals surface area contributed by atoms with E-state index in [4.69, 9.17) is 5.73 Å². The van der Waals surface area contributed by atoms with E-state index in [1.807, 2.05) is 0 Å². The molecule has 1 aromatic carbocycles. The van der Waals surface area contributed by atoms with Crippen LogP contribution in [0.15, 0.2) is 30.6 Å². The molecule has 0 bridgehead atoms. The van der Waals surface area contributed by atoms with E-state index in [2.05, 4.69) is 15.2 Å². The molecule has 0 aliphatic rings. The van der Waals surface area contributed by atoms with E-state index in [1.165, 1.54) is 6.92 Å². The zero-order chi connectivity index (χ0) is 14.3. The number of benzene rings is 1. The van der Waals surface area contributed by atoms with Gasteiger partial charge >= 0.3 is 0 Å². The molecular weight excluding hydrogens is 256 g/mol. The fraction of sp³-hybridized carbons (Fsp3) is 0.0714. The maximum Gasteiger partial charge on any atom is 0.250 e. The first-order chi connectivity index (χ1) is 9.59. The molecule has 3 aromatic rings. The number of H-pyrrole nitrogens is 2. The normalized spacial score (nSPS) is 10.8. The third-order valence-electron chi connectivity index (χ3n) is 3.23. The van der Waals surface area contributed by atoms with E-state index in [-0.39, 0.29) is 11.3 Å². The Bertz CT molecular complexity index is 829. The van der Waals surface area contributed by atoms with Crippen LogP contribution >= 0.6 is 0 Å². The number of hydrogen-bond donors (Lipinski definition) is 3. The van der Waals surface area contributed by atoms with E-state index in [0.29, 0.717) is 16.8 Å². The van der Waals surface area contributed by atoms with Gasteiger partial charge in [0.2, 0.25) is 5.91 Å². The van der Waals surface area contributed by atoms with Gasteiger partial charge in [0.15, 0.2) is 5.78 Å². The van der Waals surface area contributed by atoms with Crippen molar-refractivity contribution in [2.45, 2.75) is 6.92 Å². The molecule has 6 nitrogen and oxygen atoms in total. The largest absolute Gasteiger partial charge is 0.366 e. The molecular formula is C14H12N4O2. The van der Waals surface area contributed by atoms with Crippen molar-refractivity contribution in [3.8, 4) is 11.3 Å². The second-order valence-corrected chi connectivity index (χ2v) is 4.50. The van der Waals surface area contributed by atoms with Gasteiger partial charge in [-0.2, -0.15) is 5.10 Å². The van der Waals surface area contributed by atoms with Gasteiger partial charge in [-0.05, 0) is 6.92 Å². The summed E-state index contributed by atoms with van der Waals surface area (Å²) < 4.78 is 0. The number of Topliss-reactive ketones (excluding diaryl/α,β-unsaturated/α-hetero) is 1. The number of fused-ring (bicyclic) bond motifs is 1. The third kappa shape index (κ3) is 1.70. The molecule has 100 valence electrons. The lowest BCUT2D eigenvalue weighted by atomic mass is 9.95. The fourth-order valence-electron chi connectivity index (χ4n) is 2.34. The monoisotopic (exact) mass is 268 g/mol. The number of hydrogen-bond acceptors (Lipinski definition) is 3. The van der Waals surface area contributed by atoms with Crippen molar-refractivity contribution in [2.75, 3.05) is 0 Å². The Hall–Kier alpha value is -2.89. The van der Waals surface area contributed by atoms with Gasteiger partial charge in [-0.3, -0.25) is 14.7 Å². The Morgan fingerprint density at radius 3 is 2.75 bits per heavy atom. The van der Waals surface area contributed by atoms with Gasteiger partial charge < -0.3 is 10.7 Å². The van der Waals surface area contributed by atoms with Crippen molar-refractivity contribution in [1.82, 2.24) is 15.2 Å². The summed E-state index contributed by atoms with van der Waals surface area (Å²) >= 11 is 0. The Labute approximate surface area is 114 Å². The molecule has 0 saturated carbocycles. The number of ketones is 1. The SMILES string of the molecule is CC(=O)c1cccc(-c2n[nH]c3c[nH]cc23)c1C(N)=O. The quantitative estimate of drug-likeness (QED) is 0.631. The van der Waals surface area contributed by atoms with Gasteiger partial charge in [0.25, 0.3) is 0 Å². The van der Waals surface area contributed by atoms with E-state index in [9.17, 15) is 9.59 Å². The van der Waals surface area contributed by atoms with Gasteiger partial charge in [-0.15, -0.1) is 0 Å². The van der Waals surface area contributed by atoms with E-state index >= 15 is 0 Å². The van der Waals surface area contributed by atoms with Crippen molar-refractivity contribution in [2.24, 2.45) is 5.73 Å². The predicted molar refractivity (Wildman–Crippen MR) is 74.4 cm³/mol. The van der Waals surface area contributed by atoms with Crippen LogP contribution in [0.3, 0.4) is 0 Å². The highest BCUT2D eigenvalue weighted by Gasteiger charge is 2.20. The number of carbonyl (C=O) groups excluding carboxylic acids is 2. The topological polar surface area (TPSA) is 105 Å². The third-order valence-corrected chi connectivity index (χ3v) is 3.23. The minimum atomic E-state index is -0.641. The molecule has 2 heterocycles. The Morgan fingerprint density at radius 1 is 1.25 bits per heavy atom. The second kappa shape index (κ2) is 4.34. The maximum atomic E-state index is 11.7. The number of carbonyl (C=O) groups is 2. The molecule has 0 aliphatic heterocycles. The van der Waals surface area contributed by atoms with Gasteiger partial charge in [0.05, 0.1) is 11.1 Å². The van der Waals surface area contributed by atoms with Crippen molar-refractivity contribution in [3.05, 3.63) is 41.7 Å². The van der Waals surface area contributed by atoms with Gasteiger partial charge in [-0.25, -0.2) is 0 Å². The summed E-state index contributed by atoms with van der Waals surface area (Å²) in [6, 6.07) is 5.04. The van der Waals surface area contributed by atoms with Crippen LogP contribution in [0.4, 0.5) is 0 Å². The molecule has 0 unspecified atom stereocenters. The summed E-state index contributed by atoms with van der Waals surface area (Å²) in [6.07, 6.45) is 3.55. The first-order valence-electron chi connectivity index (χ1n) is 6.04. The number of nitrogens with zero attached hydrogens (tertiary/aromatic N) is 1. The van der Waals surface area contributed by atoms with Crippen LogP contribution in [0.25, 0.3) is 22.2 Å². The van der Waals surface area contributed by atoms with Crippen LogP contribution in [0.5, 0.6) is 0 Å². The second-order valence-electron chi connectivity index (χ2n) is 4.50. The zero-order valence-corrected chi connectivity index (χ0v) is 10.7. The zero-order valence-electron chi connectivity index (χ0n) is 10.7. The standard InChI is InChI=1S/C14H12N4O2/c1-7(19)8-3-2-4-9(12(8)14(15)20)13-10-5-16-6-11(10)17-18-13/h2-6,16-17H,1H3,(H2,15,20). The van der Waals surface area contributed by atoms with Crippen molar-refractivity contribution >= 4 is 22.6 Å². The molecule has 0 radical (unpaired) electrons. The van der Waals surface area contributed by atoms with Crippen LogP contribution < -0.4 is 5.73 Å². The molecule has 4 N–H and O–H groups in total. The minimum absolute atomic E-state index is 0.203. The van der Waals surface area contributed by atoms with Gasteiger partial charge in [0.1, 0.15) is 5.69 Å². The van der Waals surface area contributed by atoms with Crippen LogP contribution in [0.2, 0.25) is 0 Å². The van der Waals surface area contributed by atoms with Crippen molar-refractivity contribution in [1.29, 1.82) is 0 Å². The molecule has 0 atom stereocenters. The van der Waals surface area contributed by atoms with E-state index in [1.54, 1.807) is 30.6 Å². The molecule has 6 heteroatoms. The predicted octanol–water partition coefficient (Wildman–Crippen LogP) is 1.86. The fourth-order valence-corrected chi connectivity index (χ4v) is 2.34. The molecule has 0 saturated heterocycles. The average Bonchev–Trinajstić information content (AvgIpc) is 2.99. The summed E-state index contributed by atoms with van der Waals surface area (Å²) in [5.41, 5.74) is 7.92. The lowest BCUT2D eigenvalue weighted by molar-refractivity contribution is 0.0974. The van der Waals surface area contributed by atoms with Crippen LogP contribution in [0, 0.1) is 0 Å². The summed E-state index contributed by atoms with van der Waals surface area (Å²) in [4.78, 5) is 26.4. The van der Waals surface area contributed by atoms with Crippen LogP contribution in [-0.2, 0) is 0 Å². The molecule has 0 fully saturated rings.